The second-order valence-electron chi connectivity index (χ2n) is 8.66. The predicted octanol–water partition coefficient (Wildman–Crippen LogP) is 5.98. The third kappa shape index (κ3) is 7.90. The van der Waals surface area contributed by atoms with Gasteiger partial charge in [0, 0.05) is 0 Å². The fourth-order valence-electron chi connectivity index (χ4n) is 3.78. The SMILES string of the molecule is C[CH2][Ge]([CH2]C)([CH2]C)[CH2]CP(=O)(CN1CCCCCC1=O)O[Si](C)(C)C. The Kier molecular flexibility index (Phi) is 9.48. The Morgan fingerprint density at radius 3 is 2.20 bits per heavy atom. The molecule has 0 aromatic heterocycles. The molecule has 0 aliphatic carbocycles. The Labute approximate surface area is 159 Å². The molecule has 1 heterocycles. The van der Waals surface area contributed by atoms with Gasteiger partial charge in [0.15, 0.2) is 0 Å². The Morgan fingerprint density at radius 1 is 1.08 bits per heavy atom. The predicted molar refractivity (Wildman–Crippen MR) is 114 cm³/mol. The van der Waals surface area contributed by atoms with E-state index < -0.39 is 29.0 Å². The Hall–Kier alpha value is 0.420. The van der Waals surface area contributed by atoms with Gasteiger partial charge in [0.1, 0.15) is 0 Å². The van der Waals surface area contributed by atoms with E-state index in [4.69, 9.17) is 4.21 Å². The first-order valence-corrected chi connectivity index (χ1v) is 21.5. The summed E-state index contributed by atoms with van der Waals surface area (Å²) in [5.74, 6) is 0.172. The molecular weight excluding hydrogens is 410 g/mol. The molecule has 0 saturated carbocycles. The van der Waals surface area contributed by atoms with Gasteiger partial charge in [0.25, 0.3) is 0 Å². The van der Waals surface area contributed by atoms with Crippen LogP contribution in [-0.2, 0) is 13.6 Å². The third-order valence-corrected chi connectivity index (χ3v) is 24.0. The van der Waals surface area contributed by atoms with Crippen LogP contribution in [0.2, 0.25) is 40.7 Å². The van der Waals surface area contributed by atoms with Crippen LogP contribution in [0.5, 0.6) is 0 Å². The first kappa shape index (κ1) is 23.5. The number of amides is 1. The Morgan fingerprint density at radius 2 is 1.68 bits per heavy atom. The van der Waals surface area contributed by atoms with Crippen LogP contribution in [0.1, 0.15) is 46.5 Å². The summed E-state index contributed by atoms with van der Waals surface area (Å²) in [6.07, 6.45) is 4.74. The summed E-state index contributed by atoms with van der Waals surface area (Å²) in [6, 6.07) is 0. The van der Waals surface area contributed by atoms with Crippen molar-refractivity contribution in [1.29, 1.82) is 0 Å². The number of carbonyl (C=O) groups excluding carboxylic acids is 1. The molecule has 0 aromatic rings. The summed E-state index contributed by atoms with van der Waals surface area (Å²) >= 11 is -1.89. The molecule has 1 amide bonds. The van der Waals surface area contributed by atoms with Crippen LogP contribution in [0.3, 0.4) is 0 Å². The van der Waals surface area contributed by atoms with E-state index in [2.05, 4.69) is 40.4 Å². The van der Waals surface area contributed by atoms with E-state index in [1.807, 2.05) is 4.90 Å². The summed E-state index contributed by atoms with van der Waals surface area (Å²) in [6.45, 7) is 14.0. The minimum absolute atomic E-state index is 0.172. The van der Waals surface area contributed by atoms with Crippen LogP contribution in [-0.4, -0.2) is 51.4 Å². The molecule has 1 rings (SSSR count). The van der Waals surface area contributed by atoms with Crippen molar-refractivity contribution in [2.45, 2.75) is 87.1 Å². The molecule has 1 fully saturated rings. The van der Waals surface area contributed by atoms with Crippen molar-refractivity contribution in [2.75, 3.05) is 19.0 Å². The molecular formula is C18H40GeNO3PSi. The first-order valence-electron chi connectivity index (χ1n) is 10.2. The first-order chi connectivity index (χ1) is 11.6. The third-order valence-electron chi connectivity index (χ3n) is 5.73. The van der Waals surface area contributed by atoms with E-state index in [9.17, 15) is 9.36 Å². The molecule has 0 N–H and O–H groups in total. The van der Waals surface area contributed by atoms with Crippen LogP contribution in [0.15, 0.2) is 0 Å². The molecule has 1 unspecified atom stereocenters. The number of nitrogens with zero attached hydrogens (tertiary/aromatic N) is 1. The van der Waals surface area contributed by atoms with Crippen molar-refractivity contribution in [3.63, 3.8) is 0 Å². The molecule has 1 atom stereocenters. The summed E-state index contributed by atoms with van der Waals surface area (Å²) in [4.78, 5) is 14.3. The molecule has 1 aliphatic rings. The van der Waals surface area contributed by atoms with Crippen LogP contribution in [0.25, 0.3) is 0 Å². The van der Waals surface area contributed by atoms with Crippen molar-refractivity contribution in [3.8, 4) is 0 Å². The Bertz CT molecular complexity index is 469. The van der Waals surface area contributed by atoms with Crippen LogP contribution in [0.4, 0.5) is 0 Å². The quantitative estimate of drug-likeness (QED) is 0.304. The molecule has 7 heteroatoms. The van der Waals surface area contributed by atoms with Crippen molar-refractivity contribution < 1.29 is 13.6 Å². The van der Waals surface area contributed by atoms with Gasteiger partial charge in [0.2, 0.25) is 0 Å². The standard InChI is InChI=1S/C18H40GeNO3PSi/c1-7-19(8-2,9-3)14-16-24(22,23-25(4,5)6)17-20-15-12-10-11-13-18(20)21/h7-17H2,1-6H3. The minimum atomic E-state index is -2.79. The maximum atomic E-state index is 13.8. The molecule has 0 radical (unpaired) electrons. The van der Waals surface area contributed by atoms with Gasteiger partial charge in [-0.3, -0.25) is 0 Å². The molecule has 148 valence electrons. The van der Waals surface area contributed by atoms with Gasteiger partial charge >= 0.3 is 159 Å². The zero-order valence-corrected chi connectivity index (χ0v) is 21.4. The molecule has 25 heavy (non-hydrogen) atoms. The fourth-order valence-corrected chi connectivity index (χ4v) is 20.6. The van der Waals surface area contributed by atoms with E-state index in [-0.39, 0.29) is 5.91 Å². The van der Waals surface area contributed by atoms with Crippen molar-refractivity contribution in [3.05, 3.63) is 0 Å². The zero-order chi connectivity index (χ0) is 19.1. The molecule has 1 aliphatic heterocycles. The fraction of sp³-hybridized carbons (Fsp3) is 0.944. The summed E-state index contributed by atoms with van der Waals surface area (Å²) < 4.78 is 20.1. The second-order valence-corrected chi connectivity index (χ2v) is 27.8. The van der Waals surface area contributed by atoms with Gasteiger partial charge in [-0.05, 0) is 0 Å². The number of rotatable bonds is 10. The number of hydrogen-bond donors (Lipinski definition) is 0. The van der Waals surface area contributed by atoms with Crippen LogP contribution >= 0.6 is 7.37 Å². The van der Waals surface area contributed by atoms with Crippen molar-refractivity contribution >= 4 is 34.9 Å². The van der Waals surface area contributed by atoms with Crippen LogP contribution < -0.4 is 0 Å². The average molecular weight is 450 g/mol. The number of carbonyl (C=O) groups is 1. The van der Waals surface area contributed by atoms with Gasteiger partial charge < -0.3 is 0 Å². The van der Waals surface area contributed by atoms with Crippen molar-refractivity contribution in [2.24, 2.45) is 0 Å². The molecule has 1 saturated heterocycles. The molecule has 0 aromatic carbocycles. The topological polar surface area (TPSA) is 46.6 Å². The molecule has 0 bridgehead atoms. The normalized spacial score (nSPS) is 19.6. The Balaban J connectivity index is 2.93. The van der Waals surface area contributed by atoms with Gasteiger partial charge in [-0.25, -0.2) is 0 Å². The van der Waals surface area contributed by atoms with Gasteiger partial charge in [-0.2, -0.15) is 0 Å². The summed E-state index contributed by atoms with van der Waals surface area (Å²) in [7, 11) is -4.71. The van der Waals surface area contributed by atoms with Gasteiger partial charge in [0.05, 0.1) is 0 Å². The van der Waals surface area contributed by atoms with Gasteiger partial charge in [-0.15, -0.1) is 0 Å². The monoisotopic (exact) mass is 451 g/mol. The van der Waals surface area contributed by atoms with E-state index in [0.29, 0.717) is 18.9 Å². The number of likely N-dealkylation sites (tertiary alicyclic amines) is 1. The van der Waals surface area contributed by atoms with E-state index in [0.717, 1.165) is 31.1 Å². The number of hydrogen-bond acceptors (Lipinski definition) is 3. The molecule has 4 nitrogen and oxygen atoms in total. The maximum absolute atomic E-state index is 13.8. The summed E-state index contributed by atoms with van der Waals surface area (Å²) in [5.41, 5.74) is 0. The van der Waals surface area contributed by atoms with Crippen molar-refractivity contribution in [1.82, 2.24) is 4.90 Å². The van der Waals surface area contributed by atoms with Gasteiger partial charge in [-0.1, -0.05) is 0 Å². The average Bonchev–Trinajstić information content (AvgIpc) is 2.72. The van der Waals surface area contributed by atoms with E-state index in [1.165, 1.54) is 15.8 Å². The second kappa shape index (κ2) is 10.1. The van der Waals surface area contributed by atoms with E-state index >= 15 is 0 Å². The van der Waals surface area contributed by atoms with E-state index in [1.54, 1.807) is 0 Å². The zero-order valence-electron chi connectivity index (χ0n) is 17.4. The summed E-state index contributed by atoms with van der Waals surface area (Å²) in [5, 5.41) is 5.00. The molecule has 0 spiro atoms. The van der Waals surface area contributed by atoms with Crippen LogP contribution in [0, 0.1) is 0 Å².